The topological polar surface area (TPSA) is 124 Å². The van der Waals surface area contributed by atoms with Gasteiger partial charge in [-0.3, -0.25) is 9.36 Å². The number of esters is 2. The number of nitrogens with zero attached hydrogens (tertiary/aromatic N) is 2. The lowest BCUT2D eigenvalue weighted by atomic mass is 9.97. The van der Waals surface area contributed by atoms with Gasteiger partial charge >= 0.3 is 11.9 Å². The van der Waals surface area contributed by atoms with E-state index in [-0.39, 0.29) is 30.1 Å². The molecule has 13 heteroatoms. The average molecular weight is 723 g/mol. The number of carbonyl (C=O) groups excluding carboxylic acids is 2. The van der Waals surface area contributed by atoms with Crippen molar-refractivity contribution in [2.24, 2.45) is 4.99 Å². The van der Waals surface area contributed by atoms with Gasteiger partial charge in [0.1, 0.15) is 0 Å². The third-order valence-electron chi connectivity index (χ3n) is 6.20. The zero-order chi connectivity index (χ0) is 31.1. The van der Waals surface area contributed by atoms with Crippen LogP contribution in [0.15, 0.2) is 51.9 Å². The maximum absolute atomic E-state index is 14.0. The molecule has 4 rings (SSSR count). The van der Waals surface area contributed by atoms with Crippen LogP contribution in [0.25, 0.3) is 6.08 Å². The molecule has 2 heterocycles. The lowest BCUT2D eigenvalue weighted by Gasteiger charge is -2.23. The second kappa shape index (κ2) is 14.6. The van der Waals surface area contributed by atoms with Gasteiger partial charge in [-0.05, 0) is 79.3 Å². The van der Waals surface area contributed by atoms with Gasteiger partial charge in [-0.25, -0.2) is 14.6 Å². The molecule has 1 aliphatic rings. The molecular weight excluding hydrogens is 691 g/mol. The number of hydrogen-bond acceptors (Lipinski definition) is 11. The largest absolute Gasteiger partial charge is 0.493 e. The molecule has 0 aliphatic carbocycles. The zero-order valence-electron chi connectivity index (χ0n) is 24.3. The molecule has 0 fully saturated rings. The van der Waals surface area contributed by atoms with E-state index in [4.69, 9.17) is 28.4 Å². The van der Waals surface area contributed by atoms with E-state index in [0.717, 1.165) is 14.9 Å². The molecule has 0 unspecified atom stereocenters. The molecular formula is C30H31IN2O9S. The smallest absolute Gasteiger partial charge is 0.344 e. The molecule has 0 amide bonds. The number of aromatic nitrogens is 1. The van der Waals surface area contributed by atoms with Gasteiger partial charge in [0.2, 0.25) is 0 Å². The monoisotopic (exact) mass is 722 g/mol. The van der Waals surface area contributed by atoms with Crippen LogP contribution in [0, 0.1) is 3.57 Å². The molecule has 0 saturated carbocycles. The first-order chi connectivity index (χ1) is 20.8. The summed E-state index contributed by atoms with van der Waals surface area (Å²) in [6.45, 7) is 6.15. The van der Waals surface area contributed by atoms with Gasteiger partial charge in [-0.2, -0.15) is 0 Å². The summed E-state index contributed by atoms with van der Waals surface area (Å²) in [6, 6.07) is 8.00. The van der Waals surface area contributed by atoms with Gasteiger partial charge in [0.25, 0.3) is 5.56 Å². The number of rotatable bonds is 12. The van der Waals surface area contributed by atoms with Crippen molar-refractivity contribution in [1.29, 1.82) is 0 Å². The Morgan fingerprint density at radius 3 is 2.42 bits per heavy atom. The van der Waals surface area contributed by atoms with Gasteiger partial charge in [0.15, 0.2) is 34.4 Å². The molecule has 228 valence electrons. The van der Waals surface area contributed by atoms with Crippen LogP contribution < -0.4 is 33.8 Å². The van der Waals surface area contributed by atoms with Crippen LogP contribution in [0.1, 0.15) is 37.9 Å². The van der Waals surface area contributed by atoms with E-state index in [1.807, 2.05) is 13.8 Å². The van der Waals surface area contributed by atoms with Gasteiger partial charge < -0.3 is 28.4 Å². The van der Waals surface area contributed by atoms with Crippen LogP contribution in [0.3, 0.4) is 0 Å². The normalized spacial score (nSPS) is 14.2. The fourth-order valence-corrected chi connectivity index (χ4v) is 6.04. The van der Waals surface area contributed by atoms with Crippen molar-refractivity contribution in [3.05, 3.63) is 76.5 Å². The Bertz CT molecular complexity index is 1730. The van der Waals surface area contributed by atoms with Gasteiger partial charge in [-0.15, -0.1) is 0 Å². The third kappa shape index (κ3) is 7.04. The summed E-state index contributed by atoms with van der Waals surface area (Å²) in [5, 5.41) is 0. The minimum Gasteiger partial charge on any atom is -0.493 e. The first-order valence-electron chi connectivity index (χ1n) is 13.4. The summed E-state index contributed by atoms with van der Waals surface area (Å²) in [5.74, 6) is 0.546. The Morgan fingerprint density at radius 1 is 1.00 bits per heavy atom. The van der Waals surface area contributed by atoms with Gasteiger partial charge in [0, 0.05) is 15.3 Å². The van der Waals surface area contributed by atoms with E-state index >= 15 is 0 Å². The lowest BCUT2D eigenvalue weighted by molar-refractivity contribution is -0.145. The van der Waals surface area contributed by atoms with Crippen LogP contribution in [0.5, 0.6) is 23.0 Å². The number of methoxy groups -OCH3 is 2. The molecule has 11 nitrogen and oxygen atoms in total. The van der Waals surface area contributed by atoms with Crippen molar-refractivity contribution in [1.82, 2.24) is 4.57 Å². The third-order valence-corrected chi connectivity index (χ3v) is 7.82. The zero-order valence-corrected chi connectivity index (χ0v) is 27.3. The van der Waals surface area contributed by atoms with Gasteiger partial charge in [0.05, 0.1) is 50.2 Å². The van der Waals surface area contributed by atoms with E-state index in [9.17, 15) is 14.4 Å². The molecule has 1 atom stereocenters. The molecule has 0 saturated heterocycles. The summed E-state index contributed by atoms with van der Waals surface area (Å²) < 4.78 is 35.5. The standard InChI is InChI=1S/C30H31IN2O9S/c1-6-39-21-10-9-17(12-22(21)40-7-2)26-20(29(36)38-5)15-32-30-33(26)28(35)24(43-30)13-18-11-19(31)14-23(37-4)27(18)42-16-25(34)41-8-3/h9-15,26H,6-8,16H2,1-5H3/b24-13+/t26-/m1/s1. The molecule has 2 aromatic carbocycles. The molecule has 0 bridgehead atoms. The average Bonchev–Trinajstić information content (AvgIpc) is 3.31. The molecule has 0 N–H and O–H groups in total. The van der Waals surface area contributed by atoms with Crippen molar-refractivity contribution in [3.63, 3.8) is 0 Å². The maximum Gasteiger partial charge on any atom is 0.344 e. The van der Waals surface area contributed by atoms with Gasteiger partial charge in [-0.1, -0.05) is 17.4 Å². The number of hydrogen-bond donors (Lipinski definition) is 0. The summed E-state index contributed by atoms with van der Waals surface area (Å²) >= 11 is 3.28. The Hall–Kier alpha value is -3.85. The van der Waals surface area contributed by atoms with E-state index in [2.05, 4.69) is 27.6 Å². The van der Waals surface area contributed by atoms with Crippen molar-refractivity contribution in [3.8, 4) is 23.0 Å². The minimum atomic E-state index is -0.842. The van der Waals surface area contributed by atoms with Crippen LogP contribution in [0.4, 0.5) is 0 Å². The number of ether oxygens (including phenoxy) is 6. The summed E-state index contributed by atoms with van der Waals surface area (Å²) in [5.41, 5.74) is 0.925. The van der Waals surface area contributed by atoms with Crippen molar-refractivity contribution in [2.45, 2.75) is 26.8 Å². The molecule has 43 heavy (non-hydrogen) atoms. The second-order valence-electron chi connectivity index (χ2n) is 8.87. The summed E-state index contributed by atoms with van der Waals surface area (Å²) in [6.07, 6.45) is 3.07. The number of carbonyl (C=O) groups is 2. The van der Waals surface area contributed by atoms with E-state index in [1.54, 1.807) is 43.3 Å². The minimum absolute atomic E-state index is 0.183. The summed E-state index contributed by atoms with van der Waals surface area (Å²) in [7, 11) is 2.76. The Labute approximate surface area is 265 Å². The first-order valence-corrected chi connectivity index (χ1v) is 15.3. The van der Waals surface area contributed by atoms with Crippen LogP contribution in [-0.4, -0.2) is 57.2 Å². The highest BCUT2D eigenvalue weighted by atomic mass is 127. The van der Waals surface area contributed by atoms with E-state index < -0.39 is 18.0 Å². The predicted octanol–water partition coefficient (Wildman–Crippen LogP) is 3.37. The number of benzene rings is 2. The Kier molecular flexibility index (Phi) is 10.9. The fraction of sp³-hybridized carbons (Fsp3) is 0.333. The SMILES string of the molecule is CCOC(=O)COc1c(/C=c2/sc3n(c2=O)[C@H](c2ccc(OCC)c(OCC)c2)C(C(=O)OC)=CN=3)cc(I)cc1OC. The van der Waals surface area contributed by atoms with E-state index in [1.165, 1.54) is 25.0 Å². The molecule has 0 spiro atoms. The van der Waals surface area contributed by atoms with Crippen molar-refractivity contribution >= 4 is 51.9 Å². The molecule has 0 radical (unpaired) electrons. The highest BCUT2D eigenvalue weighted by molar-refractivity contribution is 14.1. The van der Waals surface area contributed by atoms with Crippen molar-refractivity contribution in [2.75, 3.05) is 40.6 Å². The quantitative estimate of drug-likeness (QED) is 0.205. The highest BCUT2D eigenvalue weighted by Gasteiger charge is 2.31. The fourth-order valence-electron chi connectivity index (χ4n) is 4.46. The van der Waals surface area contributed by atoms with Crippen LogP contribution in [-0.2, 0) is 19.1 Å². The number of halogens is 1. The molecule has 1 aromatic heterocycles. The van der Waals surface area contributed by atoms with Crippen molar-refractivity contribution < 1.29 is 38.0 Å². The molecule has 1 aliphatic heterocycles. The maximum atomic E-state index is 14.0. The first kappa shape index (κ1) is 32.1. The predicted molar refractivity (Wildman–Crippen MR) is 168 cm³/mol. The van der Waals surface area contributed by atoms with E-state index in [0.29, 0.717) is 50.9 Å². The lowest BCUT2D eigenvalue weighted by Crippen LogP contribution is -2.39. The Balaban J connectivity index is 1.89. The van der Waals surface area contributed by atoms with Crippen LogP contribution >= 0.6 is 33.9 Å². The summed E-state index contributed by atoms with van der Waals surface area (Å²) in [4.78, 5) is 43.7. The number of thiazole rings is 1. The Morgan fingerprint density at radius 2 is 1.74 bits per heavy atom. The highest BCUT2D eigenvalue weighted by Crippen LogP contribution is 2.36. The van der Waals surface area contributed by atoms with Crippen LogP contribution in [0.2, 0.25) is 0 Å². The number of fused-ring (bicyclic) bond motifs is 1. The molecule has 3 aromatic rings. The second-order valence-corrected chi connectivity index (χ2v) is 11.1.